The second-order valence-corrected chi connectivity index (χ2v) is 5.11. The molecule has 0 saturated carbocycles. The fourth-order valence-electron chi connectivity index (χ4n) is 1.04. The average molecular weight is 246 g/mol. The SMILES string of the molecule is O=C1C[Te]c2ccccc21. The van der Waals surface area contributed by atoms with Crippen molar-refractivity contribution >= 4 is 30.3 Å². The van der Waals surface area contributed by atoms with Crippen LogP contribution in [-0.2, 0) is 0 Å². The van der Waals surface area contributed by atoms with E-state index in [4.69, 9.17) is 0 Å². The van der Waals surface area contributed by atoms with Gasteiger partial charge in [0.1, 0.15) is 0 Å². The van der Waals surface area contributed by atoms with E-state index in [1.54, 1.807) is 0 Å². The molecule has 0 bridgehead atoms. The molecule has 0 aromatic heterocycles. The zero-order valence-electron chi connectivity index (χ0n) is 5.33. The van der Waals surface area contributed by atoms with Gasteiger partial charge >= 0.3 is 69.4 Å². The Balaban J connectivity index is 2.61. The third kappa shape index (κ3) is 0.885. The van der Waals surface area contributed by atoms with E-state index in [9.17, 15) is 4.79 Å². The Morgan fingerprint density at radius 2 is 2.10 bits per heavy atom. The molecule has 1 aliphatic heterocycles. The van der Waals surface area contributed by atoms with Crippen LogP contribution in [0.3, 0.4) is 0 Å². The molecule has 1 aliphatic rings. The van der Waals surface area contributed by atoms with E-state index < -0.39 is 0 Å². The molecule has 1 heterocycles. The summed E-state index contributed by atoms with van der Waals surface area (Å²) in [4.78, 5) is 11.1. The Hall–Kier alpha value is -0.320. The van der Waals surface area contributed by atoms with Gasteiger partial charge in [-0.25, -0.2) is 0 Å². The fraction of sp³-hybridized carbons (Fsp3) is 0.125. The molecule has 0 radical (unpaired) electrons. The Morgan fingerprint density at radius 3 is 2.90 bits per heavy atom. The van der Waals surface area contributed by atoms with Crippen LogP contribution in [0, 0.1) is 0 Å². The monoisotopic (exact) mass is 248 g/mol. The van der Waals surface area contributed by atoms with Crippen LogP contribution in [0.15, 0.2) is 24.3 Å². The van der Waals surface area contributed by atoms with Gasteiger partial charge in [0.2, 0.25) is 0 Å². The van der Waals surface area contributed by atoms with Gasteiger partial charge in [0, 0.05) is 0 Å². The van der Waals surface area contributed by atoms with Crippen LogP contribution in [0.5, 0.6) is 0 Å². The number of hydrogen-bond acceptors (Lipinski definition) is 1. The molecular weight excluding hydrogens is 240 g/mol. The van der Waals surface area contributed by atoms with E-state index >= 15 is 0 Å². The molecule has 10 heavy (non-hydrogen) atoms. The number of carbonyl (C=O) groups excluding carboxylic acids is 1. The predicted molar refractivity (Wildman–Crippen MR) is 41.0 cm³/mol. The summed E-state index contributed by atoms with van der Waals surface area (Å²) in [5.41, 5.74) is 0.991. The van der Waals surface area contributed by atoms with Gasteiger partial charge in [-0.05, 0) is 0 Å². The molecular formula is C8H6OTe. The van der Waals surface area contributed by atoms with Crippen molar-refractivity contribution in [3.63, 3.8) is 0 Å². The van der Waals surface area contributed by atoms with Crippen molar-refractivity contribution in [2.75, 3.05) is 0 Å². The van der Waals surface area contributed by atoms with Gasteiger partial charge in [-0.15, -0.1) is 0 Å². The van der Waals surface area contributed by atoms with Crippen molar-refractivity contribution < 1.29 is 4.79 Å². The van der Waals surface area contributed by atoms with E-state index in [2.05, 4.69) is 6.07 Å². The molecule has 1 aromatic carbocycles. The van der Waals surface area contributed by atoms with Crippen LogP contribution in [0.2, 0.25) is 4.47 Å². The summed E-state index contributed by atoms with van der Waals surface area (Å²) >= 11 is -0.132. The normalized spacial score (nSPS) is 15.4. The number of ketones is 1. The van der Waals surface area contributed by atoms with Crippen LogP contribution in [-0.4, -0.2) is 26.7 Å². The number of fused-ring (bicyclic) bond motifs is 1. The maximum absolute atomic E-state index is 11.1. The Kier molecular flexibility index (Phi) is 1.52. The van der Waals surface area contributed by atoms with Crippen molar-refractivity contribution in [1.29, 1.82) is 0 Å². The maximum atomic E-state index is 11.1. The van der Waals surface area contributed by atoms with Crippen LogP contribution in [0.25, 0.3) is 0 Å². The zero-order chi connectivity index (χ0) is 6.97. The van der Waals surface area contributed by atoms with Crippen molar-refractivity contribution in [3.8, 4) is 0 Å². The summed E-state index contributed by atoms with van der Waals surface area (Å²) in [5.74, 6) is 0.359. The molecule has 0 amide bonds. The number of rotatable bonds is 0. The molecule has 0 aliphatic carbocycles. The van der Waals surface area contributed by atoms with Gasteiger partial charge in [-0.2, -0.15) is 0 Å². The molecule has 0 fully saturated rings. The first kappa shape index (κ1) is 6.39. The van der Waals surface area contributed by atoms with E-state index in [1.165, 1.54) is 3.61 Å². The molecule has 1 nitrogen and oxygen atoms in total. The van der Waals surface area contributed by atoms with Crippen LogP contribution in [0.4, 0.5) is 0 Å². The van der Waals surface area contributed by atoms with E-state index in [-0.39, 0.29) is 20.9 Å². The summed E-state index contributed by atoms with van der Waals surface area (Å²) in [6, 6.07) is 7.98. The van der Waals surface area contributed by atoms with Crippen LogP contribution >= 0.6 is 0 Å². The first-order valence-electron chi connectivity index (χ1n) is 3.13. The predicted octanol–water partition coefficient (Wildman–Crippen LogP) is 0.631. The number of benzene rings is 1. The van der Waals surface area contributed by atoms with Crippen molar-refractivity contribution in [1.82, 2.24) is 0 Å². The van der Waals surface area contributed by atoms with Crippen LogP contribution < -0.4 is 3.61 Å². The Labute approximate surface area is 69.5 Å². The molecule has 1 aromatic rings. The Bertz CT molecular complexity index is 280. The first-order valence-corrected chi connectivity index (χ1v) is 5.94. The molecule has 0 spiro atoms. The van der Waals surface area contributed by atoms with Gasteiger partial charge in [0.05, 0.1) is 0 Å². The van der Waals surface area contributed by atoms with Gasteiger partial charge < -0.3 is 0 Å². The number of Topliss-reactive ketones (excluding diaryl/α,β-unsaturated/α-hetero) is 1. The van der Waals surface area contributed by atoms with E-state index in [1.807, 2.05) is 18.2 Å². The van der Waals surface area contributed by atoms with Gasteiger partial charge in [-0.3, -0.25) is 0 Å². The minimum atomic E-state index is -0.132. The molecule has 0 N–H and O–H groups in total. The molecule has 0 unspecified atom stereocenters. The summed E-state index contributed by atoms with van der Waals surface area (Å²) < 4.78 is 2.18. The second-order valence-electron chi connectivity index (χ2n) is 2.21. The summed E-state index contributed by atoms with van der Waals surface area (Å²) in [7, 11) is 0. The van der Waals surface area contributed by atoms with E-state index in [0.717, 1.165) is 10.0 Å². The third-order valence-electron chi connectivity index (χ3n) is 1.55. The Morgan fingerprint density at radius 1 is 1.30 bits per heavy atom. The topological polar surface area (TPSA) is 17.1 Å². The van der Waals surface area contributed by atoms with E-state index in [0.29, 0.717) is 5.78 Å². The quantitative estimate of drug-likeness (QED) is 0.613. The second kappa shape index (κ2) is 2.38. The van der Waals surface area contributed by atoms with Crippen LogP contribution in [0.1, 0.15) is 10.4 Å². The minimum absolute atomic E-state index is 0.132. The summed E-state index contributed by atoms with van der Waals surface area (Å²) in [6.45, 7) is 0. The third-order valence-corrected chi connectivity index (χ3v) is 4.61. The standard InChI is InChI=1S/C8H6OTe/c9-7-5-10-8-4-2-1-3-6(7)8/h1-4H,5H2. The molecule has 0 atom stereocenters. The van der Waals surface area contributed by atoms with Gasteiger partial charge in [0.15, 0.2) is 0 Å². The summed E-state index contributed by atoms with van der Waals surface area (Å²) in [6.07, 6.45) is 0. The first-order chi connectivity index (χ1) is 4.88. The number of carbonyl (C=O) groups is 1. The van der Waals surface area contributed by atoms with Crippen molar-refractivity contribution in [2.24, 2.45) is 0 Å². The molecule has 0 saturated heterocycles. The average Bonchev–Trinajstić information content (AvgIpc) is 2.34. The summed E-state index contributed by atoms with van der Waals surface area (Å²) in [5, 5.41) is 0. The molecule has 50 valence electrons. The number of hydrogen-bond donors (Lipinski definition) is 0. The van der Waals surface area contributed by atoms with Gasteiger partial charge in [-0.1, -0.05) is 0 Å². The zero-order valence-corrected chi connectivity index (χ0v) is 7.66. The van der Waals surface area contributed by atoms with Crippen molar-refractivity contribution in [3.05, 3.63) is 29.8 Å². The molecule has 2 heteroatoms. The fourth-order valence-corrected chi connectivity index (χ4v) is 3.77. The van der Waals surface area contributed by atoms with Gasteiger partial charge in [0.25, 0.3) is 0 Å². The van der Waals surface area contributed by atoms with Crippen molar-refractivity contribution in [2.45, 2.75) is 4.47 Å². The molecule has 2 rings (SSSR count).